The van der Waals surface area contributed by atoms with E-state index in [9.17, 15) is 4.79 Å². The number of amides is 1. The van der Waals surface area contributed by atoms with Gasteiger partial charge in [0, 0.05) is 24.2 Å². The van der Waals surface area contributed by atoms with E-state index in [-0.39, 0.29) is 18.1 Å². The molecule has 1 N–H and O–H groups in total. The van der Waals surface area contributed by atoms with Crippen molar-refractivity contribution in [2.45, 2.75) is 31.5 Å². The molecule has 1 amide bonds. The molecule has 1 fully saturated rings. The quantitative estimate of drug-likeness (QED) is 0.777. The fourth-order valence-electron chi connectivity index (χ4n) is 3.81. The zero-order valence-electron chi connectivity index (χ0n) is 16.5. The van der Waals surface area contributed by atoms with Crippen LogP contribution in [0, 0.1) is 0 Å². The van der Waals surface area contributed by atoms with Gasteiger partial charge in [-0.2, -0.15) is 0 Å². The number of carbonyl (C=O) groups is 1. The molecule has 2 aromatic carbocycles. The molecule has 0 radical (unpaired) electrons. The summed E-state index contributed by atoms with van der Waals surface area (Å²) in [4.78, 5) is 12.2. The van der Waals surface area contributed by atoms with Gasteiger partial charge < -0.3 is 24.3 Å². The Hall–Kier alpha value is -2.44. The lowest BCUT2D eigenvalue weighted by Gasteiger charge is -2.14. The van der Waals surface area contributed by atoms with Crippen LogP contribution in [0.4, 0.5) is 0 Å². The van der Waals surface area contributed by atoms with E-state index >= 15 is 0 Å². The fraction of sp³-hybridized carbons (Fsp3) is 0.409. The largest absolute Gasteiger partial charge is 0.497 e. The zero-order chi connectivity index (χ0) is 20.4. The summed E-state index contributed by atoms with van der Waals surface area (Å²) < 4.78 is 22.3. The van der Waals surface area contributed by atoms with Gasteiger partial charge in [-0.25, -0.2) is 0 Å². The van der Waals surface area contributed by atoms with Crippen molar-refractivity contribution in [2.24, 2.45) is 0 Å². The number of halogens is 1. The molecular weight excluding hydrogens is 394 g/mol. The van der Waals surface area contributed by atoms with Gasteiger partial charge in [0.2, 0.25) is 5.91 Å². The van der Waals surface area contributed by atoms with Crippen molar-refractivity contribution in [2.75, 3.05) is 27.4 Å². The van der Waals surface area contributed by atoms with Gasteiger partial charge in [-0.3, -0.25) is 4.79 Å². The molecule has 6 nitrogen and oxygen atoms in total. The van der Waals surface area contributed by atoms with Crippen LogP contribution in [-0.4, -0.2) is 45.5 Å². The average Bonchev–Trinajstić information content (AvgIpc) is 3.41. The molecular formula is C22H24ClNO5. The summed E-state index contributed by atoms with van der Waals surface area (Å²) in [7, 11) is 3.26. The van der Waals surface area contributed by atoms with Crippen molar-refractivity contribution in [3.63, 3.8) is 0 Å². The Morgan fingerprint density at radius 1 is 1.24 bits per heavy atom. The van der Waals surface area contributed by atoms with Gasteiger partial charge in [0.15, 0.2) is 0 Å². The molecule has 0 spiro atoms. The number of benzene rings is 2. The van der Waals surface area contributed by atoms with E-state index in [0.717, 1.165) is 41.0 Å². The summed E-state index contributed by atoms with van der Waals surface area (Å²) in [5.41, 5.74) is 2.83. The minimum atomic E-state index is -0.338. The first kappa shape index (κ1) is 19.9. The number of hydrogen-bond acceptors (Lipinski definition) is 5. The standard InChI is InChI=1S/C22H24ClNO5/c1-26-15-5-6-19(27-2)17(11-15)13-8-14-9-16(29-21(14)18(23)10-13)12-24-22(25)20-4-3-7-28-20/h5-6,8,10-11,16,20H,3-4,7,9,12H2,1-2H3,(H,24,25)/t16-,20-/m0/s1. The number of hydrogen-bond donors (Lipinski definition) is 1. The monoisotopic (exact) mass is 417 g/mol. The number of carbonyl (C=O) groups excluding carboxylic acids is 1. The second-order valence-electron chi connectivity index (χ2n) is 7.20. The molecule has 7 heteroatoms. The SMILES string of the molecule is COc1ccc(OC)c(-c2cc(Cl)c3c(c2)C[C@@H](CNC(=O)[C@@H]2CCCO2)O3)c1. The second kappa shape index (κ2) is 8.51. The van der Waals surface area contributed by atoms with Crippen LogP contribution in [0.25, 0.3) is 11.1 Å². The molecule has 2 aromatic rings. The van der Waals surface area contributed by atoms with E-state index in [4.69, 9.17) is 30.5 Å². The van der Waals surface area contributed by atoms with Crippen LogP contribution in [0.5, 0.6) is 17.2 Å². The highest BCUT2D eigenvalue weighted by Crippen LogP contribution is 2.42. The van der Waals surface area contributed by atoms with Crippen molar-refractivity contribution < 1.29 is 23.7 Å². The molecule has 2 aliphatic heterocycles. The first-order valence-corrected chi connectivity index (χ1v) is 10.1. The van der Waals surface area contributed by atoms with Crippen molar-refractivity contribution >= 4 is 17.5 Å². The van der Waals surface area contributed by atoms with Crippen molar-refractivity contribution in [1.29, 1.82) is 0 Å². The Morgan fingerprint density at radius 3 is 2.83 bits per heavy atom. The van der Waals surface area contributed by atoms with Crippen LogP contribution in [0.3, 0.4) is 0 Å². The molecule has 0 aromatic heterocycles. The number of methoxy groups -OCH3 is 2. The second-order valence-corrected chi connectivity index (χ2v) is 7.61. The molecule has 0 bridgehead atoms. The van der Waals surface area contributed by atoms with Gasteiger partial charge in [-0.05, 0) is 48.7 Å². The summed E-state index contributed by atoms with van der Waals surface area (Å²) in [5, 5.41) is 3.47. The van der Waals surface area contributed by atoms with E-state index < -0.39 is 0 Å². The molecule has 0 unspecified atom stereocenters. The van der Waals surface area contributed by atoms with E-state index in [1.807, 2.05) is 24.3 Å². The molecule has 2 heterocycles. The van der Waals surface area contributed by atoms with Crippen LogP contribution < -0.4 is 19.5 Å². The van der Waals surface area contributed by atoms with E-state index in [0.29, 0.717) is 30.3 Å². The maximum Gasteiger partial charge on any atom is 0.249 e. The lowest BCUT2D eigenvalue weighted by atomic mass is 9.99. The third-order valence-corrected chi connectivity index (χ3v) is 5.58. The van der Waals surface area contributed by atoms with Crippen LogP contribution in [-0.2, 0) is 16.0 Å². The third kappa shape index (κ3) is 4.14. The summed E-state index contributed by atoms with van der Waals surface area (Å²) in [6.07, 6.45) is 1.87. The topological polar surface area (TPSA) is 66.0 Å². The normalized spacial score (nSPS) is 20.1. The Balaban J connectivity index is 1.50. The molecule has 2 aliphatic rings. The summed E-state index contributed by atoms with van der Waals surface area (Å²) >= 11 is 6.52. The minimum Gasteiger partial charge on any atom is -0.497 e. The fourth-order valence-corrected chi connectivity index (χ4v) is 4.09. The summed E-state index contributed by atoms with van der Waals surface area (Å²) in [6, 6.07) is 9.57. The van der Waals surface area contributed by atoms with Gasteiger partial charge in [-0.15, -0.1) is 0 Å². The van der Waals surface area contributed by atoms with Crippen LogP contribution in [0.1, 0.15) is 18.4 Å². The molecule has 2 atom stereocenters. The van der Waals surface area contributed by atoms with Gasteiger partial charge in [0.1, 0.15) is 29.5 Å². The predicted octanol–water partition coefficient (Wildman–Crippen LogP) is 3.62. The Bertz CT molecular complexity index is 910. The van der Waals surface area contributed by atoms with E-state index in [1.54, 1.807) is 14.2 Å². The lowest BCUT2D eigenvalue weighted by Crippen LogP contribution is -2.40. The molecule has 0 saturated carbocycles. The molecule has 154 valence electrons. The Kier molecular flexibility index (Phi) is 5.83. The van der Waals surface area contributed by atoms with Crippen molar-refractivity contribution in [1.82, 2.24) is 5.32 Å². The van der Waals surface area contributed by atoms with Crippen molar-refractivity contribution in [3.8, 4) is 28.4 Å². The lowest BCUT2D eigenvalue weighted by molar-refractivity contribution is -0.130. The maximum atomic E-state index is 12.2. The molecule has 29 heavy (non-hydrogen) atoms. The van der Waals surface area contributed by atoms with Crippen LogP contribution >= 0.6 is 11.6 Å². The van der Waals surface area contributed by atoms with Crippen LogP contribution in [0.2, 0.25) is 5.02 Å². The zero-order valence-corrected chi connectivity index (χ0v) is 17.3. The average molecular weight is 418 g/mol. The number of nitrogens with one attached hydrogen (secondary N) is 1. The van der Waals surface area contributed by atoms with E-state index in [1.165, 1.54) is 0 Å². The van der Waals surface area contributed by atoms with Gasteiger partial charge >= 0.3 is 0 Å². The number of fused-ring (bicyclic) bond motifs is 1. The van der Waals surface area contributed by atoms with E-state index in [2.05, 4.69) is 11.4 Å². The highest BCUT2D eigenvalue weighted by atomic mass is 35.5. The Morgan fingerprint density at radius 2 is 2.10 bits per heavy atom. The minimum absolute atomic E-state index is 0.0741. The third-order valence-electron chi connectivity index (χ3n) is 5.30. The summed E-state index contributed by atoms with van der Waals surface area (Å²) in [5.74, 6) is 2.08. The molecule has 0 aliphatic carbocycles. The predicted molar refractivity (Wildman–Crippen MR) is 110 cm³/mol. The highest BCUT2D eigenvalue weighted by molar-refractivity contribution is 6.32. The highest BCUT2D eigenvalue weighted by Gasteiger charge is 2.29. The number of rotatable bonds is 6. The first-order chi connectivity index (χ1) is 14.1. The van der Waals surface area contributed by atoms with Crippen LogP contribution in [0.15, 0.2) is 30.3 Å². The first-order valence-electron chi connectivity index (χ1n) is 9.70. The summed E-state index contributed by atoms with van der Waals surface area (Å²) in [6.45, 7) is 1.07. The number of ether oxygens (including phenoxy) is 4. The maximum absolute atomic E-state index is 12.2. The van der Waals surface area contributed by atoms with Crippen molar-refractivity contribution in [3.05, 3.63) is 40.9 Å². The van der Waals surface area contributed by atoms with Gasteiger partial charge in [0.05, 0.1) is 25.8 Å². The molecule has 4 rings (SSSR count). The molecule has 1 saturated heterocycles. The Labute approximate surface area is 175 Å². The van der Waals surface area contributed by atoms with Gasteiger partial charge in [-0.1, -0.05) is 11.6 Å². The smallest absolute Gasteiger partial charge is 0.249 e. The van der Waals surface area contributed by atoms with Gasteiger partial charge in [0.25, 0.3) is 0 Å².